The molecule has 5 rings (SSSR count). The number of fused-ring (bicyclic) bond motifs is 1. The van der Waals surface area contributed by atoms with Crippen molar-refractivity contribution in [3.8, 4) is 0 Å². The summed E-state index contributed by atoms with van der Waals surface area (Å²) < 4.78 is 16.1. The number of hydrogen-bond donors (Lipinski definition) is 2. The molecule has 1 aliphatic carbocycles. The van der Waals surface area contributed by atoms with Crippen molar-refractivity contribution in [2.75, 3.05) is 68.9 Å². The summed E-state index contributed by atoms with van der Waals surface area (Å²) in [7, 11) is 4.18. The molecule has 0 atom stereocenters. The Morgan fingerprint density at radius 3 is 2.66 bits per heavy atom. The number of rotatable bonds is 8. The van der Waals surface area contributed by atoms with E-state index in [1.54, 1.807) is 17.4 Å². The minimum atomic E-state index is -0.218. The molecule has 7 nitrogen and oxygen atoms in total. The second-order valence-electron chi connectivity index (χ2n) is 8.87. The molecule has 1 saturated heterocycles. The first-order chi connectivity index (χ1) is 15.5. The third-order valence-electron chi connectivity index (χ3n) is 6.00. The predicted octanol–water partition coefficient (Wildman–Crippen LogP) is 3.83. The number of benzene rings is 1. The van der Waals surface area contributed by atoms with Crippen LogP contribution in [0.15, 0.2) is 29.6 Å². The van der Waals surface area contributed by atoms with Gasteiger partial charge in [0.15, 0.2) is 0 Å². The molecule has 32 heavy (non-hydrogen) atoms. The fourth-order valence-electron chi connectivity index (χ4n) is 3.96. The van der Waals surface area contributed by atoms with Gasteiger partial charge in [-0.25, -0.2) is 9.37 Å². The Balaban J connectivity index is 1.26. The van der Waals surface area contributed by atoms with Crippen molar-refractivity contribution in [1.29, 1.82) is 0 Å². The minimum Gasteiger partial charge on any atom is -0.367 e. The van der Waals surface area contributed by atoms with E-state index in [2.05, 4.69) is 49.4 Å². The number of piperazine rings is 1. The average molecular weight is 456 g/mol. The molecule has 0 bridgehead atoms. The maximum absolute atomic E-state index is 15.0. The standard InChI is InChI=1S/C23H30FN7S/c1-29(2)8-9-30-10-12-31(13-11-30)20-6-5-17(15-18(20)24)26-23-27-19-7-14-32-21(19)22(28-23)25-16-3-4-16/h5-7,14-16H,3-4,8-13H2,1-2H3,(H2,25,26,27,28). The van der Waals surface area contributed by atoms with Gasteiger partial charge in [-0.15, -0.1) is 11.3 Å². The molecule has 9 heteroatoms. The third kappa shape index (κ3) is 4.95. The van der Waals surface area contributed by atoms with E-state index in [1.165, 1.54) is 12.8 Å². The zero-order valence-electron chi connectivity index (χ0n) is 18.6. The van der Waals surface area contributed by atoms with Gasteiger partial charge in [0, 0.05) is 51.0 Å². The molecule has 2 aromatic heterocycles. The Morgan fingerprint density at radius 2 is 1.94 bits per heavy atom. The van der Waals surface area contributed by atoms with Gasteiger partial charge in [-0.1, -0.05) is 0 Å². The number of anilines is 4. The molecule has 0 radical (unpaired) electrons. The van der Waals surface area contributed by atoms with E-state index in [0.717, 1.165) is 55.3 Å². The first-order valence-corrected chi connectivity index (χ1v) is 12.1. The Morgan fingerprint density at radius 1 is 1.12 bits per heavy atom. The summed E-state index contributed by atoms with van der Waals surface area (Å²) in [6.07, 6.45) is 2.35. The highest BCUT2D eigenvalue weighted by Gasteiger charge is 2.23. The van der Waals surface area contributed by atoms with Crippen molar-refractivity contribution in [3.63, 3.8) is 0 Å². The molecule has 1 saturated carbocycles. The van der Waals surface area contributed by atoms with Crippen LogP contribution in [0.4, 0.5) is 27.5 Å². The summed E-state index contributed by atoms with van der Waals surface area (Å²) in [5.74, 6) is 1.13. The highest BCUT2D eigenvalue weighted by atomic mass is 32.1. The second-order valence-corrected chi connectivity index (χ2v) is 9.79. The molecule has 170 valence electrons. The molecule has 1 aromatic carbocycles. The van der Waals surface area contributed by atoms with Gasteiger partial charge >= 0.3 is 0 Å². The Labute approximate surface area is 192 Å². The largest absolute Gasteiger partial charge is 0.367 e. The molecule has 0 amide bonds. The number of halogens is 1. The normalized spacial score (nSPS) is 17.3. The summed E-state index contributed by atoms with van der Waals surface area (Å²) in [5.41, 5.74) is 2.22. The van der Waals surface area contributed by atoms with Gasteiger partial charge in [0.1, 0.15) is 11.6 Å². The summed E-state index contributed by atoms with van der Waals surface area (Å²) in [5, 5.41) is 8.71. The highest BCUT2D eigenvalue weighted by Crippen LogP contribution is 2.33. The molecule has 2 N–H and O–H groups in total. The zero-order chi connectivity index (χ0) is 22.1. The van der Waals surface area contributed by atoms with Gasteiger partial charge in [0.2, 0.25) is 5.95 Å². The quantitative estimate of drug-likeness (QED) is 0.535. The molecular formula is C23H30FN7S. The minimum absolute atomic E-state index is 0.218. The summed E-state index contributed by atoms with van der Waals surface area (Å²) in [6, 6.07) is 7.81. The molecule has 2 fully saturated rings. The SMILES string of the molecule is CN(C)CCN1CCN(c2ccc(Nc3nc(NC4CC4)c4sccc4n3)cc2F)CC1. The van der Waals surface area contributed by atoms with Crippen molar-refractivity contribution in [2.45, 2.75) is 18.9 Å². The molecule has 3 heterocycles. The average Bonchev–Trinajstić information content (AvgIpc) is 3.46. The lowest BCUT2D eigenvalue weighted by Crippen LogP contribution is -2.48. The van der Waals surface area contributed by atoms with Gasteiger partial charge in [0.25, 0.3) is 0 Å². The van der Waals surface area contributed by atoms with Crippen molar-refractivity contribution in [1.82, 2.24) is 19.8 Å². The van der Waals surface area contributed by atoms with Gasteiger partial charge in [-0.05, 0) is 56.6 Å². The first kappa shape index (κ1) is 21.4. The van der Waals surface area contributed by atoms with Crippen molar-refractivity contribution in [3.05, 3.63) is 35.5 Å². The van der Waals surface area contributed by atoms with Crippen LogP contribution in [-0.4, -0.2) is 79.2 Å². The number of hydrogen-bond acceptors (Lipinski definition) is 8. The predicted molar refractivity (Wildman–Crippen MR) is 131 cm³/mol. The van der Waals surface area contributed by atoms with Crippen LogP contribution in [-0.2, 0) is 0 Å². The van der Waals surface area contributed by atoms with Gasteiger partial charge in [-0.3, -0.25) is 4.90 Å². The summed E-state index contributed by atoms with van der Waals surface area (Å²) in [6.45, 7) is 5.69. The fourth-order valence-corrected chi connectivity index (χ4v) is 4.75. The Hall–Kier alpha value is -2.49. The van der Waals surface area contributed by atoms with Crippen molar-refractivity contribution < 1.29 is 4.39 Å². The van der Waals surface area contributed by atoms with Crippen LogP contribution in [0.5, 0.6) is 0 Å². The van der Waals surface area contributed by atoms with E-state index < -0.39 is 0 Å². The topological polar surface area (TPSA) is 59.6 Å². The summed E-state index contributed by atoms with van der Waals surface area (Å²) >= 11 is 1.64. The lowest BCUT2D eigenvalue weighted by Gasteiger charge is -2.36. The van der Waals surface area contributed by atoms with E-state index in [1.807, 2.05) is 23.6 Å². The number of aromatic nitrogens is 2. The number of nitrogens with one attached hydrogen (secondary N) is 2. The fraction of sp³-hybridized carbons (Fsp3) is 0.478. The lowest BCUT2D eigenvalue weighted by atomic mass is 10.2. The van der Waals surface area contributed by atoms with Crippen molar-refractivity contribution >= 4 is 44.7 Å². The Bertz CT molecular complexity index is 1070. The van der Waals surface area contributed by atoms with Crippen LogP contribution < -0.4 is 15.5 Å². The monoisotopic (exact) mass is 455 g/mol. The molecule has 2 aliphatic rings. The van der Waals surface area contributed by atoms with Crippen LogP contribution >= 0.6 is 11.3 Å². The van der Waals surface area contributed by atoms with Crippen LogP contribution in [0.1, 0.15) is 12.8 Å². The van der Waals surface area contributed by atoms with Crippen LogP contribution in [0.25, 0.3) is 10.2 Å². The van der Waals surface area contributed by atoms with E-state index in [9.17, 15) is 4.39 Å². The summed E-state index contributed by atoms with van der Waals surface area (Å²) in [4.78, 5) is 16.0. The maximum Gasteiger partial charge on any atom is 0.229 e. The van der Waals surface area contributed by atoms with E-state index in [4.69, 9.17) is 0 Å². The first-order valence-electron chi connectivity index (χ1n) is 11.3. The molecule has 0 spiro atoms. The third-order valence-corrected chi connectivity index (χ3v) is 6.91. The van der Waals surface area contributed by atoms with Crippen LogP contribution in [0, 0.1) is 5.82 Å². The van der Waals surface area contributed by atoms with Crippen molar-refractivity contribution in [2.24, 2.45) is 0 Å². The van der Waals surface area contributed by atoms with E-state index >= 15 is 0 Å². The van der Waals surface area contributed by atoms with Gasteiger partial charge in [0.05, 0.1) is 15.9 Å². The molecule has 1 aliphatic heterocycles. The Kier molecular flexibility index (Phi) is 6.12. The van der Waals surface area contributed by atoms with E-state index in [0.29, 0.717) is 23.4 Å². The number of nitrogens with zero attached hydrogens (tertiary/aromatic N) is 5. The molecule has 3 aromatic rings. The smallest absolute Gasteiger partial charge is 0.229 e. The van der Waals surface area contributed by atoms with Gasteiger partial charge in [-0.2, -0.15) is 4.98 Å². The van der Waals surface area contributed by atoms with Crippen LogP contribution in [0.3, 0.4) is 0 Å². The maximum atomic E-state index is 15.0. The van der Waals surface area contributed by atoms with Gasteiger partial charge < -0.3 is 20.4 Å². The van der Waals surface area contributed by atoms with E-state index in [-0.39, 0.29) is 5.82 Å². The van der Waals surface area contributed by atoms with Crippen LogP contribution in [0.2, 0.25) is 0 Å². The molecular weight excluding hydrogens is 425 g/mol. The molecule has 0 unspecified atom stereocenters. The zero-order valence-corrected chi connectivity index (χ0v) is 19.5. The number of likely N-dealkylation sites (N-methyl/N-ethyl adjacent to an activating group) is 1. The second kappa shape index (κ2) is 9.17. The number of thiophene rings is 1. The highest BCUT2D eigenvalue weighted by molar-refractivity contribution is 7.17. The lowest BCUT2D eigenvalue weighted by molar-refractivity contribution is 0.229.